The van der Waals surface area contributed by atoms with Crippen LogP contribution < -0.4 is 10.4 Å². The van der Waals surface area contributed by atoms with Gasteiger partial charge >= 0.3 is 0 Å². The minimum atomic E-state index is 0.368. The lowest BCUT2D eigenvalue weighted by Crippen LogP contribution is -2.30. The third-order valence-corrected chi connectivity index (χ3v) is 9.49. The van der Waals surface area contributed by atoms with E-state index in [1.54, 1.807) is 0 Å². The van der Waals surface area contributed by atoms with E-state index < -0.39 is 0 Å². The Hall–Kier alpha value is -4.68. The summed E-state index contributed by atoms with van der Waals surface area (Å²) in [5, 5.41) is 13.7. The topological polar surface area (TPSA) is 0 Å². The summed E-state index contributed by atoms with van der Waals surface area (Å²) in [5.41, 5.74) is 10.2. The summed E-state index contributed by atoms with van der Waals surface area (Å²) in [6, 6.07) is 27.6. The fourth-order valence-electron chi connectivity index (χ4n) is 7.98. The van der Waals surface area contributed by atoms with Crippen LogP contribution in [0.25, 0.3) is 49.0 Å². The molecule has 0 heterocycles. The summed E-state index contributed by atoms with van der Waals surface area (Å²) in [5.74, 6) is 0.368. The molecule has 0 amide bonds. The summed E-state index contributed by atoms with van der Waals surface area (Å²) in [7, 11) is 0. The van der Waals surface area contributed by atoms with Gasteiger partial charge in [-0.05, 0) is 111 Å². The molecule has 0 radical (unpaired) electrons. The van der Waals surface area contributed by atoms with Gasteiger partial charge in [0, 0.05) is 5.92 Å². The fourth-order valence-corrected chi connectivity index (χ4v) is 7.98. The van der Waals surface area contributed by atoms with E-state index in [1.807, 2.05) is 0 Å². The first-order chi connectivity index (χ1) is 18.9. The zero-order valence-corrected chi connectivity index (χ0v) is 20.8. The molecule has 1 atom stereocenters. The van der Waals surface area contributed by atoms with Gasteiger partial charge in [-0.25, -0.2) is 0 Å². The molecule has 38 heavy (non-hydrogen) atoms. The lowest BCUT2D eigenvalue weighted by atomic mass is 9.67. The fraction of sp³-hybridized carbons (Fsp3) is 0.0526. The molecule has 5 aliphatic carbocycles. The molecule has 0 saturated heterocycles. The molecule has 174 valence electrons. The van der Waals surface area contributed by atoms with Crippen molar-refractivity contribution in [2.45, 2.75) is 6.42 Å². The summed E-state index contributed by atoms with van der Waals surface area (Å²) in [4.78, 5) is 0. The third kappa shape index (κ3) is 2.17. The van der Waals surface area contributed by atoms with Gasteiger partial charge in [-0.2, -0.15) is 0 Å². The van der Waals surface area contributed by atoms with E-state index in [0.29, 0.717) is 5.92 Å². The molecule has 10 rings (SSSR count). The number of hydrogen-bond donors (Lipinski definition) is 0. The second kappa shape index (κ2) is 6.60. The van der Waals surface area contributed by atoms with Crippen molar-refractivity contribution in [1.82, 2.24) is 0 Å². The van der Waals surface area contributed by atoms with Crippen molar-refractivity contribution in [3.8, 4) is 0 Å². The van der Waals surface area contributed by atoms with Gasteiger partial charge in [0.2, 0.25) is 0 Å². The van der Waals surface area contributed by atoms with Crippen LogP contribution in [0.15, 0.2) is 126 Å². The van der Waals surface area contributed by atoms with Crippen LogP contribution in [-0.2, 0) is 0 Å². The van der Waals surface area contributed by atoms with Crippen molar-refractivity contribution < 1.29 is 0 Å². The molecule has 0 fully saturated rings. The van der Waals surface area contributed by atoms with Crippen LogP contribution in [0.4, 0.5) is 0 Å². The molecule has 5 aromatic carbocycles. The van der Waals surface area contributed by atoms with Gasteiger partial charge in [0.15, 0.2) is 0 Å². The molecule has 0 saturated carbocycles. The maximum Gasteiger partial charge on any atom is 0.0352 e. The summed E-state index contributed by atoms with van der Waals surface area (Å²) >= 11 is 0. The smallest absolute Gasteiger partial charge is 0.0352 e. The predicted molar refractivity (Wildman–Crippen MR) is 159 cm³/mol. The Morgan fingerprint density at radius 3 is 1.97 bits per heavy atom. The Morgan fingerprint density at radius 1 is 0.553 bits per heavy atom. The molecule has 0 nitrogen and oxygen atoms in total. The van der Waals surface area contributed by atoms with Crippen molar-refractivity contribution in [3.63, 3.8) is 0 Å². The molecule has 0 aromatic heterocycles. The van der Waals surface area contributed by atoms with Crippen molar-refractivity contribution >= 4 is 49.0 Å². The van der Waals surface area contributed by atoms with Gasteiger partial charge in [0.05, 0.1) is 0 Å². The summed E-state index contributed by atoms with van der Waals surface area (Å²) < 4.78 is 0. The number of fused-ring (bicyclic) bond motifs is 8. The highest BCUT2D eigenvalue weighted by molar-refractivity contribution is 6.25. The van der Waals surface area contributed by atoms with Gasteiger partial charge < -0.3 is 0 Å². The first-order valence-electron chi connectivity index (χ1n) is 13.6. The monoisotopic (exact) mass is 478 g/mol. The van der Waals surface area contributed by atoms with Crippen molar-refractivity contribution in [3.05, 3.63) is 158 Å². The zero-order chi connectivity index (χ0) is 24.5. The Bertz CT molecular complexity index is 2400. The Balaban J connectivity index is 1.43. The second-order valence-electron chi connectivity index (χ2n) is 11.1. The van der Waals surface area contributed by atoms with E-state index in [2.05, 4.69) is 115 Å². The minimum absolute atomic E-state index is 0.368. The molecule has 5 aliphatic rings. The van der Waals surface area contributed by atoms with E-state index in [-0.39, 0.29) is 0 Å². The van der Waals surface area contributed by atoms with Crippen molar-refractivity contribution in [2.24, 2.45) is 5.92 Å². The van der Waals surface area contributed by atoms with E-state index in [1.165, 1.54) is 92.2 Å². The molecular weight excluding hydrogens is 456 g/mol. The van der Waals surface area contributed by atoms with Crippen LogP contribution in [0, 0.1) is 16.4 Å². The SMILES string of the molecule is C1=CC2=CC=CC3=c4ccc5c6c4C(=CCC6=c4cc6c7ccccc7c7ccccc7c6cc4=5)C(=C1)C23. The summed E-state index contributed by atoms with van der Waals surface area (Å²) in [6.45, 7) is 0. The highest BCUT2D eigenvalue weighted by Gasteiger charge is 2.36. The standard InChI is InChI=1S/C38H22/c1-3-11-24-22(9-1)23-10-2-4-12-25(23)33-20-35-31-18-16-29-27-14-6-8-21-7-5-13-26(36(21)27)28-15-17-30(38(31)37(28)29)34(35)19-32(24)33/h1-17,19-20,36H,18H2. The highest BCUT2D eigenvalue weighted by atomic mass is 14.4. The van der Waals surface area contributed by atoms with Crippen LogP contribution >= 0.6 is 0 Å². The van der Waals surface area contributed by atoms with Crippen LogP contribution in [-0.4, -0.2) is 0 Å². The van der Waals surface area contributed by atoms with Crippen LogP contribution in [0.3, 0.4) is 0 Å². The molecule has 0 spiro atoms. The Morgan fingerprint density at radius 2 is 1.21 bits per heavy atom. The second-order valence-corrected chi connectivity index (χ2v) is 11.1. The molecule has 1 unspecified atom stereocenters. The van der Waals surface area contributed by atoms with Gasteiger partial charge in [-0.15, -0.1) is 0 Å². The van der Waals surface area contributed by atoms with Crippen molar-refractivity contribution in [2.75, 3.05) is 0 Å². The molecule has 0 heteroatoms. The highest BCUT2D eigenvalue weighted by Crippen LogP contribution is 2.48. The molecular formula is C38H22. The first-order valence-corrected chi connectivity index (χ1v) is 13.6. The van der Waals surface area contributed by atoms with E-state index in [0.717, 1.165) is 6.42 Å². The molecule has 0 N–H and O–H groups in total. The lowest BCUT2D eigenvalue weighted by Gasteiger charge is -2.36. The lowest BCUT2D eigenvalue weighted by molar-refractivity contribution is 0.942. The Kier molecular flexibility index (Phi) is 3.37. The normalized spacial score (nSPS) is 19.4. The van der Waals surface area contributed by atoms with E-state index in [9.17, 15) is 0 Å². The average Bonchev–Trinajstić information content (AvgIpc) is 3.30. The quantitative estimate of drug-likeness (QED) is 0.202. The predicted octanol–water partition coefficient (Wildman–Crippen LogP) is 7.51. The van der Waals surface area contributed by atoms with E-state index in [4.69, 9.17) is 0 Å². The van der Waals surface area contributed by atoms with E-state index >= 15 is 0 Å². The Labute approximate surface area is 219 Å². The maximum absolute atomic E-state index is 2.51. The molecule has 0 aliphatic heterocycles. The van der Waals surface area contributed by atoms with Gasteiger partial charge in [0.25, 0.3) is 0 Å². The van der Waals surface area contributed by atoms with Crippen LogP contribution in [0.1, 0.15) is 17.5 Å². The zero-order valence-electron chi connectivity index (χ0n) is 20.8. The number of allylic oxidation sites excluding steroid dienone is 10. The summed E-state index contributed by atoms with van der Waals surface area (Å²) in [6.07, 6.45) is 17.2. The largest absolute Gasteiger partial charge is 0.0719 e. The number of hydrogen-bond acceptors (Lipinski definition) is 0. The molecule has 5 aromatic rings. The van der Waals surface area contributed by atoms with Gasteiger partial charge in [-0.1, -0.05) is 103 Å². The maximum atomic E-state index is 2.51. The average molecular weight is 479 g/mol. The number of benzene rings is 5. The van der Waals surface area contributed by atoms with Crippen molar-refractivity contribution in [1.29, 1.82) is 0 Å². The van der Waals surface area contributed by atoms with Crippen LogP contribution in [0.5, 0.6) is 0 Å². The first kappa shape index (κ1) is 19.4. The molecule has 0 bridgehead atoms. The number of rotatable bonds is 0. The van der Waals surface area contributed by atoms with Gasteiger partial charge in [0.1, 0.15) is 0 Å². The van der Waals surface area contributed by atoms with Crippen LogP contribution in [0.2, 0.25) is 0 Å². The third-order valence-electron chi connectivity index (χ3n) is 9.49. The van der Waals surface area contributed by atoms with Gasteiger partial charge in [-0.3, -0.25) is 0 Å². The minimum Gasteiger partial charge on any atom is -0.0719 e.